The molecular formula is C9H14O5. The third-order valence-corrected chi connectivity index (χ3v) is 1.27. The molecule has 0 radical (unpaired) electrons. The van der Waals surface area contributed by atoms with E-state index in [1.54, 1.807) is 6.92 Å². The molecule has 0 atom stereocenters. The van der Waals surface area contributed by atoms with Crippen LogP contribution < -0.4 is 0 Å². The fourth-order valence-corrected chi connectivity index (χ4v) is 0.627. The maximum Gasteiger partial charge on any atom is 0.336 e. The van der Waals surface area contributed by atoms with E-state index in [0.29, 0.717) is 5.57 Å². The van der Waals surface area contributed by atoms with Crippen LogP contribution in [0.1, 0.15) is 13.8 Å². The summed E-state index contributed by atoms with van der Waals surface area (Å²) in [5, 5.41) is 0. The molecule has 0 aromatic heterocycles. The Morgan fingerprint density at radius 2 is 1.86 bits per heavy atom. The molecule has 0 heterocycles. The van der Waals surface area contributed by atoms with Gasteiger partial charge < -0.3 is 14.2 Å². The van der Waals surface area contributed by atoms with Gasteiger partial charge in [-0.15, -0.1) is 0 Å². The van der Waals surface area contributed by atoms with Gasteiger partial charge in [0.05, 0.1) is 18.9 Å². The number of ether oxygens (including phenoxy) is 3. The monoisotopic (exact) mass is 202 g/mol. The van der Waals surface area contributed by atoms with Crippen molar-refractivity contribution in [2.45, 2.75) is 13.8 Å². The highest BCUT2D eigenvalue weighted by molar-refractivity contribution is 5.87. The fraction of sp³-hybridized carbons (Fsp3) is 0.556. The van der Waals surface area contributed by atoms with Crippen LogP contribution in [0.2, 0.25) is 0 Å². The van der Waals surface area contributed by atoms with Crippen molar-refractivity contribution in [1.82, 2.24) is 0 Å². The number of carbonyl (C=O) groups is 2. The second-order valence-corrected chi connectivity index (χ2v) is 2.50. The number of esters is 2. The summed E-state index contributed by atoms with van der Waals surface area (Å²) in [5.41, 5.74) is 0.357. The highest BCUT2D eigenvalue weighted by Gasteiger charge is 2.02. The first-order valence-electron chi connectivity index (χ1n) is 4.08. The maximum atomic E-state index is 10.8. The molecule has 0 spiro atoms. The second kappa shape index (κ2) is 6.94. The summed E-state index contributed by atoms with van der Waals surface area (Å²) in [6.07, 6.45) is 1.27. The van der Waals surface area contributed by atoms with Crippen molar-refractivity contribution in [3.63, 3.8) is 0 Å². The molecule has 0 aromatic rings. The van der Waals surface area contributed by atoms with Gasteiger partial charge >= 0.3 is 11.9 Å². The zero-order valence-electron chi connectivity index (χ0n) is 8.53. The SMILES string of the molecule is COC(=O)C(C)=COCCOC(C)=O. The van der Waals surface area contributed by atoms with Crippen LogP contribution in [0, 0.1) is 0 Å². The van der Waals surface area contributed by atoms with E-state index >= 15 is 0 Å². The minimum atomic E-state index is -0.447. The highest BCUT2D eigenvalue weighted by Crippen LogP contribution is 1.95. The number of hydrogen-bond donors (Lipinski definition) is 0. The molecular weight excluding hydrogens is 188 g/mol. The summed E-state index contributed by atoms with van der Waals surface area (Å²) in [7, 11) is 1.29. The van der Waals surface area contributed by atoms with Crippen LogP contribution in [0.25, 0.3) is 0 Å². The lowest BCUT2D eigenvalue weighted by Crippen LogP contribution is -2.07. The standard InChI is InChI=1S/C9H14O5/c1-7(9(11)12-3)6-13-4-5-14-8(2)10/h6H,4-5H2,1-3H3. The Bertz CT molecular complexity index is 231. The van der Waals surface area contributed by atoms with Crippen molar-refractivity contribution in [3.8, 4) is 0 Å². The first-order valence-corrected chi connectivity index (χ1v) is 4.08. The molecule has 0 amide bonds. The topological polar surface area (TPSA) is 61.8 Å². The Labute approximate surface area is 82.6 Å². The van der Waals surface area contributed by atoms with E-state index in [1.807, 2.05) is 0 Å². The van der Waals surface area contributed by atoms with E-state index in [1.165, 1.54) is 20.3 Å². The van der Waals surface area contributed by atoms with Crippen molar-refractivity contribution >= 4 is 11.9 Å². The van der Waals surface area contributed by atoms with Gasteiger partial charge in [-0.25, -0.2) is 4.79 Å². The van der Waals surface area contributed by atoms with E-state index < -0.39 is 5.97 Å². The summed E-state index contributed by atoms with van der Waals surface area (Å²) in [6.45, 7) is 3.27. The molecule has 0 aliphatic carbocycles. The Balaban J connectivity index is 3.61. The van der Waals surface area contributed by atoms with Crippen LogP contribution in [-0.2, 0) is 23.8 Å². The van der Waals surface area contributed by atoms with Crippen LogP contribution in [0.3, 0.4) is 0 Å². The van der Waals surface area contributed by atoms with Gasteiger partial charge in [0.25, 0.3) is 0 Å². The number of hydrogen-bond acceptors (Lipinski definition) is 5. The van der Waals surface area contributed by atoms with Crippen molar-refractivity contribution in [3.05, 3.63) is 11.8 Å². The Hall–Kier alpha value is -1.52. The van der Waals surface area contributed by atoms with Gasteiger partial charge in [-0.1, -0.05) is 0 Å². The average molecular weight is 202 g/mol. The first kappa shape index (κ1) is 12.5. The molecule has 0 N–H and O–H groups in total. The fourth-order valence-electron chi connectivity index (χ4n) is 0.627. The van der Waals surface area contributed by atoms with Gasteiger partial charge in [0.1, 0.15) is 13.2 Å². The third kappa shape index (κ3) is 6.05. The molecule has 0 saturated heterocycles. The van der Waals surface area contributed by atoms with E-state index in [-0.39, 0.29) is 19.2 Å². The predicted octanol–water partition coefficient (Wildman–Crippen LogP) is 0.643. The average Bonchev–Trinajstić information content (AvgIpc) is 2.15. The molecule has 0 unspecified atom stereocenters. The molecule has 5 nitrogen and oxygen atoms in total. The zero-order valence-corrected chi connectivity index (χ0v) is 8.53. The number of rotatable bonds is 5. The van der Waals surface area contributed by atoms with Crippen molar-refractivity contribution in [2.75, 3.05) is 20.3 Å². The summed E-state index contributed by atoms with van der Waals surface area (Å²) in [6, 6.07) is 0. The van der Waals surface area contributed by atoms with Gasteiger partial charge in [-0.3, -0.25) is 4.79 Å². The molecule has 80 valence electrons. The van der Waals surface area contributed by atoms with E-state index in [9.17, 15) is 9.59 Å². The largest absolute Gasteiger partial charge is 0.497 e. The van der Waals surface area contributed by atoms with Gasteiger partial charge in [-0.2, -0.15) is 0 Å². The van der Waals surface area contributed by atoms with Crippen LogP contribution in [0.5, 0.6) is 0 Å². The molecule has 0 aromatic carbocycles. The summed E-state index contributed by atoms with van der Waals surface area (Å²) >= 11 is 0. The molecule has 0 aliphatic rings. The van der Waals surface area contributed by atoms with E-state index in [0.717, 1.165) is 0 Å². The quantitative estimate of drug-likeness (QED) is 0.283. The molecule has 0 aliphatic heterocycles. The molecule has 14 heavy (non-hydrogen) atoms. The maximum absolute atomic E-state index is 10.8. The normalized spacial score (nSPS) is 10.6. The van der Waals surface area contributed by atoms with Gasteiger partial charge in [0, 0.05) is 6.92 Å². The van der Waals surface area contributed by atoms with Crippen LogP contribution >= 0.6 is 0 Å². The van der Waals surface area contributed by atoms with Crippen molar-refractivity contribution in [2.24, 2.45) is 0 Å². The van der Waals surface area contributed by atoms with Gasteiger partial charge in [-0.05, 0) is 6.92 Å². The molecule has 0 rings (SSSR count). The van der Waals surface area contributed by atoms with Crippen LogP contribution in [-0.4, -0.2) is 32.3 Å². The van der Waals surface area contributed by atoms with Gasteiger partial charge in [0.15, 0.2) is 0 Å². The molecule has 0 bridgehead atoms. The summed E-state index contributed by atoms with van der Waals surface area (Å²) in [5.74, 6) is -0.806. The lowest BCUT2D eigenvalue weighted by atomic mass is 10.3. The van der Waals surface area contributed by atoms with E-state index in [4.69, 9.17) is 4.74 Å². The lowest BCUT2D eigenvalue weighted by Gasteiger charge is -2.02. The summed E-state index contributed by atoms with van der Waals surface area (Å²) < 4.78 is 14.0. The summed E-state index contributed by atoms with van der Waals surface area (Å²) in [4.78, 5) is 21.2. The van der Waals surface area contributed by atoms with E-state index in [2.05, 4.69) is 9.47 Å². The molecule has 0 saturated carbocycles. The zero-order chi connectivity index (χ0) is 11.0. The van der Waals surface area contributed by atoms with Crippen LogP contribution in [0.4, 0.5) is 0 Å². The lowest BCUT2D eigenvalue weighted by molar-refractivity contribution is -0.142. The Morgan fingerprint density at radius 1 is 1.21 bits per heavy atom. The molecule has 0 fully saturated rings. The number of methoxy groups -OCH3 is 1. The predicted molar refractivity (Wildman–Crippen MR) is 48.4 cm³/mol. The minimum Gasteiger partial charge on any atom is -0.497 e. The molecule has 5 heteroatoms. The minimum absolute atomic E-state index is 0.167. The smallest absolute Gasteiger partial charge is 0.336 e. The highest BCUT2D eigenvalue weighted by atomic mass is 16.6. The Morgan fingerprint density at radius 3 is 2.36 bits per heavy atom. The van der Waals surface area contributed by atoms with Crippen LogP contribution in [0.15, 0.2) is 11.8 Å². The third-order valence-electron chi connectivity index (χ3n) is 1.27. The second-order valence-electron chi connectivity index (χ2n) is 2.50. The Kier molecular flexibility index (Phi) is 6.19. The van der Waals surface area contributed by atoms with Crippen molar-refractivity contribution < 1.29 is 23.8 Å². The first-order chi connectivity index (χ1) is 6.57. The van der Waals surface area contributed by atoms with Crippen molar-refractivity contribution in [1.29, 1.82) is 0 Å². The number of carbonyl (C=O) groups excluding carboxylic acids is 2. The van der Waals surface area contributed by atoms with Gasteiger partial charge in [0.2, 0.25) is 0 Å².